The zero-order valence-corrected chi connectivity index (χ0v) is 10.7. The molecule has 5 heteroatoms. The van der Waals surface area contributed by atoms with E-state index in [4.69, 9.17) is 16.7 Å². The van der Waals surface area contributed by atoms with Crippen molar-refractivity contribution in [3.8, 4) is 0 Å². The van der Waals surface area contributed by atoms with Gasteiger partial charge in [-0.1, -0.05) is 17.7 Å². The van der Waals surface area contributed by atoms with Crippen molar-refractivity contribution >= 4 is 28.6 Å². The first kappa shape index (κ1) is 12.6. The Morgan fingerprint density at radius 1 is 1.56 bits per heavy atom. The van der Waals surface area contributed by atoms with Crippen molar-refractivity contribution in [3.05, 3.63) is 40.5 Å². The lowest BCUT2D eigenvalue weighted by atomic mass is 10.0. The molecule has 0 spiro atoms. The summed E-state index contributed by atoms with van der Waals surface area (Å²) < 4.78 is 0. The van der Waals surface area contributed by atoms with Gasteiger partial charge in [0.1, 0.15) is 0 Å². The Morgan fingerprint density at radius 3 is 3.06 bits per heavy atom. The molecule has 1 aromatic carbocycles. The zero-order chi connectivity index (χ0) is 13.1. The smallest absolute Gasteiger partial charge is 0.404 e. The monoisotopic (exact) mass is 264 g/mol. The second-order valence-electron chi connectivity index (χ2n) is 4.03. The number of pyridine rings is 1. The van der Waals surface area contributed by atoms with E-state index in [0.717, 1.165) is 22.0 Å². The third-order valence-electron chi connectivity index (χ3n) is 2.81. The summed E-state index contributed by atoms with van der Waals surface area (Å²) in [5, 5.41) is 12.5. The van der Waals surface area contributed by atoms with Gasteiger partial charge in [0.25, 0.3) is 0 Å². The van der Waals surface area contributed by atoms with Gasteiger partial charge in [-0.25, -0.2) is 4.79 Å². The highest BCUT2D eigenvalue weighted by Crippen LogP contribution is 2.28. The highest BCUT2D eigenvalue weighted by molar-refractivity contribution is 6.33. The predicted octanol–water partition coefficient (Wildman–Crippen LogP) is 3.01. The van der Waals surface area contributed by atoms with E-state index < -0.39 is 6.09 Å². The fourth-order valence-electron chi connectivity index (χ4n) is 1.93. The standard InChI is InChI=1S/C13H13ClN2O2/c1-8-11(14)9(4-6-16-13(17)18)7-10-3-2-5-15-12(8)10/h2-3,5,7,16H,4,6H2,1H3,(H,17,18). The summed E-state index contributed by atoms with van der Waals surface area (Å²) in [5.74, 6) is 0. The van der Waals surface area contributed by atoms with Gasteiger partial charge in [0.15, 0.2) is 0 Å². The van der Waals surface area contributed by atoms with Crippen LogP contribution in [0.4, 0.5) is 4.79 Å². The van der Waals surface area contributed by atoms with Crippen LogP contribution in [-0.4, -0.2) is 22.7 Å². The van der Waals surface area contributed by atoms with Crippen LogP contribution in [0, 0.1) is 6.92 Å². The second-order valence-corrected chi connectivity index (χ2v) is 4.41. The van der Waals surface area contributed by atoms with Crippen LogP contribution in [0.2, 0.25) is 5.02 Å². The summed E-state index contributed by atoms with van der Waals surface area (Å²) in [5.41, 5.74) is 2.75. The van der Waals surface area contributed by atoms with Gasteiger partial charge in [-0.05, 0) is 36.6 Å². The number of aryl methyl sites for hydroxylation is 1. The Kier molecular flexibility index (Phi) is 3.67. The molecule has 18 heavy (non-hydrogen) atoms. The molecule has 4 nitrogen and oxygen atoms in total. The van der Waals surface area contributed by atoms with Crippen LogP contribution >= 0.6 is 11.6 Å². The molecular weight excluding hydrogens is 252 g/mol. The van der Waals surface area contributed by atoms with E-state index in [1.54, 1.807) is 6.20 Å². The van der Waals surface area contributed by atoms with Crippen LogP contribution in [0.3, 0.4) is 0 Å². The maximum atomic E-state index is 10.4. The van der Waals surface area contributed by atoms with Gasteiger partial charge in [-0.15, -0.1) is 0 Å². The number of hydrogen-bond acceptors (Lipinski definition) is 2. The van der Waals surface area contributed by atoms with E-state index in [1.807, 2.05) is 25.1 Å². The second kappa shape index (κ2) is 5.23. The van der Waals surface area contributed by atoms with Gasteiger partial charge in [-0.3, -0.25) is 4.98 Å². The average Bonchev–Trinajstić information content (AvgIpc) is 2.35. The Bertz CT molecular complexity index is 599. The lowest BCUT2D eigenvalue weighted by Crippen LogP contribution is -2.23. The molecule has 0 aliphatic carbocycles. The van der Waals surface area contributed by atoms with Crippen LogP contribution in [0.25, 0.3) is 10.9 Å². The summed E-state index contributed by atoms with van der Waals surface area (Å²) in [6, 6.07) is 5.80. The number of amides is 1. The first-order valence-corrected chi connectivity index (χ1v) is 5.97. The molecular formula is C13H13ClN2O2. The Balaban J connectivity index is 2.33. The minimum atomic E-state index is -1.02. The highest BCUT2D eigenvalue weighted by Gasteiger charge is 2.09. The van der Waals surface area contributed by atoms with Crippen molar-refractivity contribution in [1.29, 1.82) is 0 Å². The SMILES string of the molecule is Cc1c(Cl)c(CCNC(=O)O)cc2cccnc12. The molecule has 0 atom stereocenters. The van der Waals surface area contributed by atoms with E-state index in [-0.39, 0.29) is 0 Å². The molecule has 2 aromatic rings. The molecule has 0 saturated heterocycles. The quantitative estimate of drug-likeness (QED) is 0.896. The van der Waals surface area contributed by atoms with E-state index in [9.17, 15) is 4.79 Å². The van der Waals surface area contributed by atoms with Crippen LogP contribution in [0.5, 0.6) is 0 Å². The minimum Gasteiger partial charge on any atom is -0.465 e. The third kappa shape index (κ3) is 2.54. The lowest BCUT2D eigenvalue weighted by Gasteiger charge is -2.10. The molecule has 0 saturated carbocycles. The third-order valence-corrected chi connectivity index (χ3v) is 3.33. The van der Waals surface area contributed by atoms with Crippen molar-refractivity contribution in [2.75, 3.05) is 6.54 Å². The van der Waals surface area contributed by atoms with Gasteiger partial charge >= 0.3 is 6.09 Å². The minimum absolute atomic E-state index is 0.347. The van der Waals surface area contributed by atoms with Crippen LogP contribution in [-0.2, 0) is 6.42 Å². The molecule has 94 valence electrons. The molecule has 0 fully saturated rings. The maximum Gasteiger partial charge on any atom is 0.404 e. The summed E-state index contributed by atoms with van der Waals surface area (Å²) >= 11 is 6.27. The van der Waals surface area contributed by atoms with E-state index in [1.165, 1.54) is 0 Å². The number of nitrogens with zero attached hydrogens (tertiary/aromatic N) is 1. The number of halogens is 1. The number of fused-ring (bicyclic) bond motifs is 1. The van der Waals surface area contributed by atoms with Gasteiger partial charge in [0.2, 0.25) is 0 Å². The largest absolute Gasteiger partial charge is 0.465 e. The number of hydrogen-bond donors (Lipinski definition) is 2. The van der Waals surface area contributed by atoms with Crippen molar-refractivity contribution < 1.29 is 9.90 Å². The van der Waals surface area contributed by atoms with Crippen LogP contribution in [0.1, 0.15) is 11.1 Å². The lowest BCUT2D eigenvalue weighted by molar-refractivity contribution is 0.194. The Labute approximate surface area is 110 Å². The van der Waals surface area contributed by atoms with E-state index in [2.05, 4.69) is 10.3 Å². The molecule has 1 amide bonds. The maximum absolute atomic E-state index is 10.4. The molecule has 1 heterocycles. The fraction of sp³-hybridized carbons (Fsp3) is 0.231. The number of aromatic nitrogens is 1. The Morgan fingerprint density at radius 2 is 2.33 bits per heavy atom. The molecule has 0 bridgehead atoms. The molecule has 0 aliphatic rings. The first-order valence-electron chi connectivity index (χ1n) is 5.59. The van der Waals surface area contributed by atoms with Crippen molar-refractivity contribution in [2.24, 2.45) is 0 Å². The van der Waals surface area contributed by atoms with Crippen molar-refractivity contribution in [3.63, 3.8) is 0 Å². The molecule has 0 aliphatic heterocycles. The number of benzene rings is 1. The summed E-state index contributed by atoms with van der Waals surface area (Å²) in [4.78, 5) is 14.7. The van der Waals surface area contributed by atoms with Gasteiger partial charge in [0, 0.05) is 23.2 Å². The zero-order valence-electron chi connectivity index (χ0n) is 9.90. The summed E-state index contributed by atoms with van der Waals surface area (Å²) in [6.07, 6.45) is 1.28. The fourth-order valence-corrected chi connectivity index (χ4v) is 2.17. The van der Waals surface area contributed by atoms with Crippen molar-refractivity contribution in [1.82, 2.24) is 10.3 Å². The van der Waals surface area contributed by atoms with Gasteiger partial charge in [0.05, 0.1) is 5.52 Å². The van der Waals surface area contributed by atoms with Gasteiger partial charge in [-0.2, -0.15) is 0 Å². The first-order chi connectivity index (χ1) is 8.59. The van der Waals surface area contributed by atoms with Crippen molar-refractivity contribution in [2.45, 2.75) is 13.3 Å². The molecule has 0 radical (unpaired) electrons. The Hall–Kier alpha value is -1.81. The molecule has 0 unspecified atom stereocenters. The summed E-state index contributed by atoms with van der Waals surface area (Å²) in [6.45, 7) is 2.27. The topological polar surface area (TPSA) is 62.2 Å². The molecule has 1 aromatic heterocycles. The number of nitrogens with one attached hydrogen (secondary N) is 1. The number of rotatable bonds is 3. The molecule has 2 rings (SSSR count). The van der Waals surface area contributed by atoms with Gasteiger partial charge < -0.3 is 10.4 Å². The normalized spacial score (nSPS) is 10.6. The van der Waals surface area contributed by atoms with E-state index in [0.29, 0.717) is 18.0 Å². The van der Waals surface area contributed by atoms with Crippen LogP contribution < -0.4 is 5.32 Å². The highest BCUT2D eigenvalue weighted by atomic mass is 35.5. The average molecular weight is 265 g/mol. The summed E-state index contributed by atoms with van der Waals surface area (Å²) in [7, 11) is 0. The predicted molar refractivity (Wildman–Crippen MR) is 71.2 cm³/mol. The van der Waals surface area contributed by atoms with Crippen LogP contribution in [0.15, 0.2) is 24.4 Å². The number of carbonyl (C=O) groups is 1. The number of carboxylic acid groups (broad SMARTS) is 1. The molecule has 2 N–H and O–H groups in total. The van der Waals surface area contributed by atoms with E-state index >= 15 is 0 Å².